The summed E-state index contributed by atoms with van der Waals surface area (Å²) < 4.78 is 30.0. The van der Waals surface area contributed by atoms with Gasteiger partial charge in [0, 0.05) is 6.07 Å². The van der Waals surface area contributed by atoms with E-state index in [-0.39, 0.29) is 0 Å². The van der Waals surface area contributed by atoms with Gasteiger partial charge in [0.15, 0.2) is 9.84 Å². The van der Waals surface area contributed by atoms with Crippen LogP contribution < -0.4 is 5.32 Å². The first-order valence-corrected chi connectivity index (χ1v) is 8.89. The first kappa shape index (κ1) is 19.8. The number of amides is 1. The third-order valence-corrected chi connectivity index (χ3v) is 5.13. The number of nitro benzene ring substituents is 2. The summed E-state index contributed by atoms with van der Waals surface area (Å²) in [7, 11) is -3.31. The molecule has 0 atom stereocenters. The lowest BCUT2D eigenvalue weighted by atomic mass is 10.2. The number of carbonyl (C=O) groups excluding carboxylic acids is 1. The molecule has 2 aromatic rings. The number of rotatable bonds is 6. The van der Waals surface area contributed by atoms with Gasteiger partial charge in [-0.05, 0) is 5.56 Å². The number of methoxy groups -OCH3 is 1. The van der Waals surface area contributed by atoms with Crippen LogP contribution in [0.3, 0.4) is 0 Å². The van der Waals surface area contributed by atoms with Crippen molar-refractivity contribution in [1.82, 2.24) is 0 Å². The summed E-state index contributed by atoms with van der Waals surface area (Å²) in [4.78, 5) is 31.2. The Morgan fingerprint density at radius 3 is 2.26 bits per heavy atom. The summed E-state index contributed by atoms with van der Waals surface area (Å²) >= 11 is 0. The van der Waals surface area contributed by atoms with E-state index in [0.29, 0.717) is 17.7 Å². The summed E-state index contributed by atoms with van der Waals surface area (Å²) in [5.41, 5.74) is -2.09. The van der Waals surface area contributed by atoms with Crippen LogP contribution in [0.25, 0.3) is 0 Å². The molecule has 0 heterocycles. The van der Waals surface area contributed by atoms with Gasteiger partial charge in [-0.2, -0.15) is 0 Å². The lowest BCUT2D eigenvalue weighted by Gasteiger charge is -2.12. The van der Waals surface area contributed by atoms with Gasteiger partial charge in [0.1, 0.15) is 10.6 Å². The lowest BCUT2D eigenvalue weighted by Crippen LogP contribution is -2.17. The molecule has 0 spiro atoms. The van der Waals surface area contributed by atoms with Crippen LogP contribution in [-0.2, 0) is 20.3 Å². The van der Waals surface area contributed by atoms with Crippen LogP contribution in [0.4, 0.5) is 21.9 Å². The summed E-state index contributed by atoms with van der Waals surface area (Å²) in [6, 6.07) is 9.10. The van der Waals surface area contributed by atoms with Gasteiger partial charge in [0.2, 0.25) is 0 Å². The maximum absolute atomic E-state index is 12.8. The Morgan fingerprint density at radius 1 is 1.11 bits per heavy atom. The SMILES string of the molecule is COC(=O)Nc1c([N+](=O)[O-])cc([N+](=O)[O-])cc1S(=O)(=O)Cc1ccccc1. The van der Waals surface area contributed by atoms with E-state index in [9.17, 15) is 33.4 Å². The first-order valence-electron chi connectivity index (χ1n) is 7.24. The van der Waals surface area contributed by atoms with E-state index in [1.54, 1.807) is 18.2 Å². The second-order valence-electron chi connectivity index (χ2n) is 5.21. The fourth-order valence-electron chi connectivity index (χ4n) is 2.23. The lowest BCUT2D eigenvalue weighted by molar-refractivity contribution is -0.393. The molecule has 12 heteroatoms. The molecular formula is C15H13N3O8S. The van der Waals surface area contributed by atoms with Crippen molar-refractivity contribution < 1.29 is 27.8 Å². The molecule has 0 saturated carbocycles. The smallest absolute Gasteiger partial charge is 0.411 e. The number of sulfone groups is 1. The Morgan fingerprint density at radius 2 is 1.74 bits per heavy atom. The highest BCUT2D eigenvalue weighted by molar-refractivity contribution is 7.90. The molecule has 0 aromatic heterocycles. The number of benzene rings is 2. The quantitative estimate of drug-likeness (QED) is 0.577. The van der Waals surface area contributed by atoms with Crippen LogP contribution >= 0.6 is 0 Å². The van der Waals surface area contributed by atoms with Crippen molar-refractivity contribution in [1.29, 1.82) is 0 Å². The van der Waals surface area contributed by atoms with Crippen LogP contribution in [0, 0.1) is 20.2 Å². The van der Waals surface area contributed by atoms with Crippen molar-refractivity contribution in [2.24, 2.45) is 0 Å². The third-order valence-electron chi connectivity index (χ3n) is 3.42. The van der Waals surface area contributed by atoms with Gasteiger partial charge in [0.05, 0.1) is 28.8 Å². The van der Waals surface area contributed by atoms with Gasteiger partial charge in [-0.1, -0.05) is 30.3 Å². The fourth-order valence-corrected chi connectivity index (χ4v) is 3.79. The maximum atomic E-state index is 12.8. The largest absolute Gasteiger partial charge is 0.453 e. The van der Waals surface area contributed by atoms with Gasteiger partial charge in [-0.15, -0.1) is 0 Å². The topological polar surface area (TPSA) is 159 Å². The molecule has 27 heavy (non-hydrogen) atoms. The molecule has 1 amide bonds. The Balaban J connectivity index is 2.72. The van der Waals surface area contributed by atoms with E-state index in [0.717, 1.165) is 7.11 Å². The zero-order chi connectivity index (χ0) is 20.2. The Bertz CT molecular complexity index is 1010. The molecule has 142 valence electrons. The minimum Gasteiger partial charge on any atom is -0.453 e. The minimum absolute atomic E-state index is 0.357. The number of nitrogens with one attached hydrogen (secondary N) is 1. The van der Waals surface area contributed by atoms with Gasteiger partial charge in [0.25, 0.3) is 5.69 Å². The number of anilines is 1. The minimum atomic E-state index is -4.29. The van der Waals surface area contributed by atoms with Gasteiger partial charge in [-0.25, -0.2) is 13.2 Å². The average Bonchev–Trinajstić information content (AvgIpc) is 2.61. The Kier molecular flexibility index (Phi) is 5.70. The molecule has 0 saturated heterocycles. The fraction of sp³-hybridized carbons (Fsp3) is 0.133. The van der Waals surface area contributed by atoms with E-state index in [1.165, 1.54) is 12.1 Å². The summed E-state index contributed by atoms with van der Waals surface area (Å²) in [6.45, 7) is 0. The third kappa shape index (κ3) is 4.55. The molecule has 0 bridgehead atoms. The first-order chi connectivity index (χ1) is 12.7. The molecule has 0 aliphatic heterocycles. The van der Waals surface area contributed by atoms with E-state index >= 15 is 0 Å². The molecule has 1 N–H and O–H groups in total. The van der Waals surface area contributed by atoms with Crippen molar-refractivity contribution in [2.75, 3.05) is 12.4 Å². The number of non-ortho nitro benzene ring substituents is 1. The number of hydrogen-bond donors (Lipinski definition) is 1. The van der Waals surface area contributed by atoms with E-state index in [2.05, 4.69) is 4.74 Å². The Hall–Kier alpha value is -3.54. The molecule has 0 unspecified atom stereocenters. The standard InChI is InChI=1S/C15H13N3O8S/c1-26-15(19)16-14-12(18(22)23)7-11(17(20)21)8-13(14)27(24,25)9-10-5-3-2-4-6-10/h2-8H,9H2,1H3,(H,16,19). The van der Waals surface area contributed by atoms with Gasteiger partial charge < -0.3 is 4.74 Å². The van der Waals surface area contributed by atoms with E-state index in [4.69, 9.17) is 0 Å². The van der Waals surface area contributed by atoms with Crippen molar-refractivity contribution in [2.45, 2.75) is 10.6 Å². The summed E-state index contributed by atoms with van der Waals surface area (Å²) in [5, 5.41) is 24.3. The van der Waals surface area contributed by atoms with Crippen LogP contribution in [0.1, 0.15) is 5.56 Å². The summed E-state index contributed by atoms with van der Waals surface area (Å²) in [5.74, 6) is -0.581. The van der Waals surface area contributed by atoms with E-state index < -0.39 is 53.5 Å². The molecule has 0 fully saturated rings. The molecule has 11 nitrogen and oxygen atoms in total. The highest BCUT2D eigenvalue weighted by Gasteiger charge is 2.32. The molecule has 2 rings (SSSR count). The normalized spacial score (nSPS) is 10.9. The van der Waals surface area contributed by atoms with Gasteiger partial charge in [-0.3, -0.25) is 25.5 Å². The Labute approximate surface area is 152 Å². The highest BCUT2D eigenvalue weighted by Crippen LogP contribution is 2.37. The van der Waals surface area contributed by atoms with Crippen LogP contribution in [-0.4, -0.2) is 31.5 Å². The second-order valence-corrected chi connectivity index (χ2v) is 7.17. The monoisotopic (exact) mass is 395 g/mol. The average molecular weight is 395 g/mol. The van der Waals surface area contributed by atoms with Crippen molar-refractivity contribution in [3.8, 4) is 0 Å². The van der Waals surface area contributed by atoms with Crippen LogP contribution in [0.5, 0.6) is 0 Å². The number of hydrogen-bond acceptors (Lipinski definition) is 8. The van der Waals surface area contributed by atoms with E-state index in [1.807, 2.05) is 5.32 Å². The number of carbonyl (C=O) groups is 1. The number of nitro groups is 2. The zero-order valence-corrected chi connectivity index (χ0v) is 14.6. The second kappa shape index (κ2) is 7.78. The number of ether oxygens (including phenoxy) is 1. The van der Waals surface area contributed by atoms with Gasteiger partial charge >= 0.3 is 11.8 Å². The number of nitrogens with zero attached hydrogens (tertiary/aromatic N) is 2. The van der Waals surface area contributed by atoms with Crippen LogP contribution in [0.15, 0.2) is 47.4 Å². The van der Waals surface area contributed by atoms with Crippen molar-refractivity contribution in [3.63, 3.8) is 0 Å². The van der Waals surface area contributed by atoms with Crippen molar-refractivity contribution in [3.05, 3.63) is 68.3 Å². The molecular weight excluding hydrogens is 382 g/mol. The zero-order valence-electron chi connectivity index (χ0n) is 13.8. The summed E-state index contributed by atoms with van der Waals surface area (Å²) in [6.07, 6.45) is -1.16. The highest BCUT2D eigenvalue weighted by atomic mass is 32.2. The predicted octanol–water partition coefficient (Wildman–Crippen LogP) is 2.66. The molecule has 2 aromatic carbocycles. The van der Waals surface area contributed by atoms with Crippen LogP contribution in [0.2, 0.25) is 0 Å². The van der Waals surface area contributed by atoms with Crippen molar-refractivity contribution >= 4 is 33.0 Å². The maximum Gasteiger partial charge on any atom is 0.411 e. The molecule has 0 radical (unpaired) electrons. The predicted molar refractivity (Wildman–Crippen MR) is 93.1 cm³/mol. The molecule has 0 aliphatic carbocycles. The molecule has 0 aliphatic rings.